The molecule has 0 atom stereocenters. The number of fused-ring (bicyclic) bond motifs is 10. The second-order valence-corrected chi connectivity index (χ2v) is 14.6. The average Bonchev–Trinajstić information content (AvgIpc) is 3.88. The lowest BCUT2D eigenvalue weighted by molar-refractivity contribution is 0.668. The minimum Gasteiger partial charge on any atom is -0.455 e. The van der Waals surface area contributed by atoms with E-state index >= 15 is 0 Å². The lowest BCUT2D eigenvalue weighted by Crippen LogP contribution is -2.00. The summed E-state index contributed by atoms with van der Waals surface area (Å²) in [6.45, 7) is 0. The van der Waals surface area contributed by atoms with E-state index < -0.39 is 0 Å². The van der Waals surface area contributed by atoms with E-state index in [9.17, 15) is 0 Å². The molecule has 0 N–H and O–H groups in total. The quantitative estimate of drug-likeness (QED) is 0.163. The first-order valence-corrected chi connectivity index (χ1v) is 19.3. The number of nitrogens with zero attached hydrogens (tertiary/aromatic N) is 4. The number of aromatic nitrogens is 4. The van der Waals surface area contributed by atoms with Gasteiger partial charge in [0.1, 0.15) is 22.4 Å². The van der Waals surface area contributed by atoms with Crippen molar-refractivity contribution >= 4 is 65.6 Å². The van der Waals surface area contributed by atoms with Gasteiger partial charge in [0, 0.05) is 60.1 Å². The molecule has 4 heterocycles. The molecule has 58 heavy (non-hydrogen) atoms. The summed E-state index contributed by atoms with van der Waals surface area (Å²) in [6.07, 6.45) is 0. The summed E-state index contributed by atoms with van der Waals surface area (Å²) in [5.41, 5.74) is 10.7. The molecule has 0 radical (unpaired) electrons. The molecule has 0 bridgehead atoms. The molecule has 6 heteroatoms. The van der Waals surface area contributed by atoms with E-state index in [0.717, 1.165) is 105 Å². The third-order valence-electron chi connectivity index (χ3n) is 11.1. The molecule has 0 aliphatic heterocycles. The zero-order valence-corrected chi connectivity index (χ0v) is 30.9. The summed E-state index contributed by atoms with van der Waals surface area (Å²) >= 11 is 0. The number of hydrogen-bond acceptors (Lipinski definition) is 6. The Bertz CT molecular complexity index is 3570. The molecular formula is C52H30N4O2. The fourth-order valence-corrected chi connectivity index (χ4v) is 8.34. The maximum atomic E-state index is 6.58. The highest BCUT2D eigenvalue weighted by molar-refractivity contribution is 6.24. The van der Waals surface area contributed by atoms with Crippen molar-refractivity contribution in [1.29, 1.82) is 0 Å². The zero-order valence-electron chi connectivity index (χ0n) is 30.9. The lowest BCUT2D eigenvalue weighted by atomic mass is 9.99. The molecule has 0 fully saturated rings. The van der Waals surface area contributed by atoms with Crippen LogP contribution in [-0.2, 0) is 0 Å². The Morgan fingerprint density at radius 1 is 0.328 bits per heavy atom. The molecule has 6 nitrogen and oxygen atoms in total. The summed E-state index contributed by atoms with van der Waals surface area (Å²) in [5, 5.41) is 7.65. The van der Waals surface area contributed by atoms with Crippen LogP contribution in [0.15, 0.2) is 191 Å². The van der Waals surface area contributed by atoms with Crippen molar-refractivity contribution in [2.45, 2.75) is 0 Å². The van der Waals surface area contributed by atoms with Crippen molar-refractivity contribution in [2.75, 3.05) is 0 Å². The van der Waals surface area contributed by atoms with Gasteiger partial charge in [-0.3, -0.25) is 0 Å². The normalized spacial score (nSPS) is 11.8. The second-order valence-electron chi connectivity index (χ2n) is 14.6. The Hall–Kier alpha value is -7.96. The van der Waals surface area contributed by atoms with Gasteiger partial charge in [-0.15, -0.1) is 0 Å². The van der Waals surface area contributed by atoms with Gasteiger partial charge in [-0.1, -0.05) is 164 Å². The van der Waals surface area contributed by atoms with Crippen LogP contribution in [0.25, 0.3) is 122 Å². The van der Waals surface area contributed by atoms with Crippen molar-refractivity contribution < 1.29 is 8.83 Å². The van der Waals surface area contributed by atoms with E-state index in [1.165, 1.54) is 0 Å². The predicted octanol–water partition coefficient (Wildman–Crippen LogP) is 13.7. The van der Waals surface area contributed by atoms with Crippen LogP contribution in [0.2, 0.25) is 0 Å². The molecule has 12 rings (SSSR count). The van der Waals surface area contributed by atoms with Crippen LogP contribution in [0, 0.1) is 0 Å². The number of benzene rings is 8. The first-order valence-electron chi connectivity index (χ1n) is 19.3. The van der Waals surface area contributed by atoms with Crippen molar-refractivity contribution in [3.05, 3.63) is 182 Å². The zero-order chi connectivity index (χ0) is 38.2. The number of pyridine rings is 1. The number of furan rings is 2. The monoisotopic (exact) mass is 742 g/mol. The molecule has 0 saturated heterocycles. The van der Waals surface area contributed by atoms with Gasteiger partial charge in [0.05, 0.1) is 5.52 Å². The van der Waals surface area contributed by atoms with Gasteiger partial charge in [-0.25, -0.2) is 19.9 Å². The Kier molecular flexibility index (Phi) is 7.13. The minimum absolute atomic E-state index is 0.576. The maximum absolute atomic E-state index is 6.58. The van der Waals surface area contributed by atoms with Crippen LogP contribution in [0.4, 0.5) is 0 Å². The second kappa shape index (κ2) is 12.8. The van der Waals surface area contributed by atoms with Crippen LogP contribution in [0.3, 0.4) is 0 Å². The van der Waals surface area contributed by atoms with Crippen LogP contribution in [0.1, 0.15) is 0 Å². The highest BCUT2D eigenvalue weighted by Crippen LogP contribution is 2.42. The number of hydrogen-bond donors (Lipinski definition) is 0. The predicted molar refractivity (Wildman–Crippen MR) is 234 cm³/mol. The molecule has 0 aliphatic rings. The molecule has 8 aromatic carbocycles. The van der Waals surface area contributed by atoms with Crippen molar-refractivity contribution in [3.63, 3.8) is 0 Å². The number of rotatable bonds is 5. The lowest BCUT2D eigenvalue weighted by Gasteiger charge is -2.11. The van der Waals surface area contributed by atoms with Gasteiger partial charge >= 0.3 is 0 Å². The molecule has 0 amide bonds. The van der Waals surface area contributed by atoms with E-state index in [1.807, 2.05) is 72.8 Å². The summed E-state index contributed by atoms with van der Waals surface area (Å²) < 4.78 is 13.0. The van der Waals surface area contributed by atoms with Crippen LogP contribution in [-0.4, -0.2) is 19.9 Å². The van der Waals surface area contributed by atoms with Gasteiger partial charge < -0.3 is 8.83 Å². The first-order chi connectivity index (χ1) is 28.7. The molecule has 0 saturated carbocycles. The van der Waals surface area contributed by atoms with Gasteiger partial charge in [-0.2, -0.15) is 0 Å². The third-order valence-corrected chi connectivity index (χ3v) is 11.1. The standard InChI is InChI=1S/C52H30N4O2/c1-2-13-33(14-3-1)50-54-51(56-52(55-50)36-16-10-15-35(30-36)38-20-11-21-40-39-18-6-8-22-43(39)57-48(38)40)34-26-24-32(25-27-34)46-49-45(41-19-7-9-23-44(41)58-49)42-29-28-31-12-4-5-17-37(31)47(42)53-46/h1-30H. The van der Waals surface area contributed by atoms with E-state index in [1.54, 1.807) is 0 Å². The minimum atomic E-state index is 0.576. The van der Waals surface area contributed by atoms with E-state index in [4.69, 9.17) is 28.8 Å². The highest BCUT2D eigenvalue weighted by Gasteiger charge is 2.20. The van der Waals surface area contributed by atoms with Gasteiger partial charge in [0.2, 0.25) is 0 Å². The Morgan fingerprint density at radius 3 is 1.71 bits per heavy atom. The molecular weight excluding hydrogens is 713 g/mol. The van der Waals surface area contributed by atoms with Crippen molar-refractivity contribution in [2.24, 2.45) is 0 Å². The fourth-order valence-electron chi connectivity index (χ4n) is 8.34. The summed E-state index contributed by atoms with van der Waals surface area (Å²) in [5.74, 6) is 1.76. The Labute approximate surface area is 331 Å². The molecule has 12 aromatic rings. The van der Waals surface area contributed by atoms with Crippen LogP contribution >= 0.6 is 0 Å². The Balaban J connectivity index is 0.998. The summed E-state index contributed by atoms with van der Waals surface area (Å²) in [7, 11) is 0. The summed E-state index contributed by atoms with van der Waals surface area (Å²) in [4.78, 5) is 20.5. The van der Waals surface area contributed by atoms with Gasteiger partial charge in [0.15, 0.2) is 23.1 Å². The van der Waals surface area contributed by atoms with Crippen molar-refractivity contribution in [3.8, 4) is 56.5 Å². The number of para-hydroxylation sites is 3. The van der Waals surface area contributed by atoms with Crippen LogP contribution < -0.4 is 0 Å². The van der Waals surface area contributed by atoms with Crippen molar-refractivity contribution in [1.82, 2.24) is 19.9 Å². The van der Waals surface area contributed by atoms with Gasteiger partial charge in [0.25, 0.3) is 0 Å². The molecule has 0 unspecified atom stereocenters. The third kappa shape index (κ3) is 5.12. The smallest absolute Gasteiger partial charge is 0.164 e. The molecule has 4 aromatic heterocycles. The van der Waals surface area contributed by atoms with Gasteiger partial charge in [-0.05, 0) is 29.1 Å². The SMILES string of the molecule is c1ccc(-c2nc(-c3ccc(-c4nc5c6ccccc6ccc5c5c4oc4ccccc45)cc3)nc(-c3cccc(-c4cccc5c4oc4ccccc45)c3)n2)cc1. The van der Waals surface area contributed by atoms with E-state index in [2.05, 4.69) is 109 Å². The molecule has 0 spiro atoms. The molecule has 270 valence electrons. The van der Waals surface area contributed by atoms with E-state index in [-0.39, 0.29) is 0 Å². The average molecular weight is 743 g/mol. The summed E-state index contributed by atoms with van der Waals surface area (Å²) in [6, 6.07) is 62.1. The fraction of sp³-hybridized carbons (Fsp3) is 0. The van der Waals surface area contributed by atoms with Crippen LogP contribution in [0.5, 0.6) is 0 Å². The topological polar surface area (TPSA) is 77.8 Å². The Morgan fingerprint density at radius 2 is 0.897 bits per heavy atom. The largest absolute Gasteiger partial charge is 0.455 e. The van der Waals surface area contributed by atoms with E-state index in [0.29, 0.717) is 17.5 Å². The highest BCUT2D eigenvalue weighted by atomic mass is 16.3. The maximum Gasteiger partial charge on any atom is 0.164 e. The molecule has 0 aliphatic carbocycles. The first kappa shape index (κ1) is 32.3.